The molecule has 0 spiro atoms. The number of hydrogen-bond acceptors (Lipinski definition) is 6. The predicted molar refractivity (Wildman–Crippen MR) is 121 cm³/mol. The van der Waals surface area contributed by atoms with E-state index in [0.29, 0.717) is 36.9 Å². The first-order chi connectivity index (χ1) is 15.4. The molecule has 32 heavy (non-hydrogen) atoms. The van der Waals surface area contributed by atoms with Gasteiger partial charge in [-0.1, -0.05) is 30.3 Å². The number of anilines is 1. The molecule has 1 amide bonds. The van der Waals surface area contributed by atoms with Gasteiger partial charge in [-0.15, -0.1) is 0 Å². The summed E-state index contributed by atoms with van der Waals surface area (Å²) >= 11 is 0. The lowest BCUT2D eigenvalue weighted by molar-refractivity contribution is -0.120. The topological polar surface area (TPSA) is 94.2 Å². The van der Waals surface area contributed by atoms with E-state index in [0.717, 1.165) is 22.7 Å². The van der Waals surface area contributed by atoms with Crippen LogP contribution in [0.3, 0.4) is 0 Å². The van der Waals surface area contributed by atoms with Gasteiger partial charge in [0, 0.05) is 31.2 Å². The SMILES string of the molecule is CCS(=O)(=O)N(CC(=O)NCC1(c2ccccc2)CCOCC1)c1ccc2c(c1)OCO2. The first kappa shape index (κ1) is 22.4. The molecule has 0 radical (unpaired) electrons. The molecule has 2 aromatic rings. The van der Waals surface area contributed by atoms with E-state index in [1.165, 1.54) is 0 Å². The monoisotopic (exact) mass is 460 g/mol. The number of hydrogen-bond donors (Lipinski definition) is 1. The molecule has 2 aliphatic heterocycles. The second-order valence-electron chi connectivity index (χ2n) is 7.98. The van der Waals surface area contributed by atoms with Gasteiger partial charge < -0.3 is 19.5 Å². The smallest absolute Gasteiger partial charge is 0.240 e. The minimum absolute atomic E-state index is 0.0884. The normalized spacial score (nSPS) is 17.0. The number of amides is 1. The number of nitrogens with one attached hydrogen (secondary N) is 1. The molecule has 172 valence electrons. The highest BCUT2D eigenvalue weighted by Crippen LogP contribution is 2.36. The van der Waals surface area contributed by atoms with Gasteiger partial charge in [-0.2, -0.15) is 0 Å². The first-order valence-corrected chi connectivity index (χ1v) is 12.3. The van der Waals surface area contributed by atoms with Crippen molar-refractivity contribution in [2.24, 2.45) is 0 Å². The van der Waals surface area contributed by atoms with Crippen LogP contribution < -0.4 is 19.1 Å². The molecule has 4 rings (SSSR count). The lowest BCUT2D eigenvalue weighted by Gasteiger charge is -2.38. The van der Waals surface area contributed by atoms with E-state index in [1.54, 1.807) is 25.1 Å². The third-order valence-electron chi connectivity index (χ3n) is 6.09. The Morgan fingerprint density at radius 1 is 1.06 bits per heavy atom. The first-order valence-electron chi connectivity index (χ1n) is 10.7. The van der Waals surface area contributed by atoms with Crippen LogP contribution in [0.5, 0.6) is 11.5 Å². The number of sulfonamides is 1. The Morgan fingerprint density at radius 2 is 1.78 bits per heavy atom. The van der Waals surface area contributed by atoms with Crippen LogP contribution in [0.15, 0.2) is 48.5 Å². The molecular weight excluding hydrogens is 432 g/mol. The van der Waals surface area contributed by atoms with Crippen LogP contribution >= 0.6 is 0 Å². The quantitative estimate of drug-likeness (QED) is 0.650. The highest BCUT2D eigenvalue weighted by molar-refractivity contribution is 7.92. The summed E-state index contributed by atoms with van der Waals surface area (Å²) in [6.45, 7) is 3.00. The molecule has 1 saturated heterocycles. The van der Waals surface area contributed by atoms with Gasteiger partial charge >= 0.3 is 0 Å². The Hall–Kier alpha value is -2.78. The molecule has 0 saturated carbocycles. The average molecular weight is 461 g/mol. The predicted octanol–water partition coefficient (Wildman–Crippen LogP) is 2.44. The second kappa shape index (κ2) is 9.38. The number of benzene rings is 2. The summed E-state index contributed by atoms with van der Waals surface area (Å²) in [4.78, 5) is 12.9. The van der Waals surface area contributed by atoms with Gasteiger partial charge in [0.25, 0.3) is 0 Å². The molecule has 1 fully saturated rings. The van der Waals surface area contributed by atoms with E-state index in [9.17, 15) is 13.2 Å². The minimum Gasteiger partial charge on any atom is -0.454 e. The van der Waals surface area contributed by atoms with Gasteiger partial charge in [-0.05, 0) is 37.5 Å². The van der Waals surface area contributed by atoms with Crippen LogP contribution in [0, 0.1) is 0 Å². The summed E-state index contributed by atoms with van der Waals surface area (Å²) in [7, 11) is -3.68. The standard InChI is InChI=1S/C23H28N2O6S/c1-2-32(27,28)25(19-8-9-20-21(14-19)31-17-30-20)15-22(26)24-16-23(10-12-29-13-11-23)18-6-4-3-5-7-18/h3-9,14H,2,10-13,15-17H2,1H3,(H,24,26). The maximum absolute atomic E-state index is 12.9. The van der Waals surface area contributed by atoms with Crippen molar-refractivity contribution in [1.82, 2.24) is 5.32 Å². The van der Waals surface area contributed by atoms with Crippen molar-refractivity contribution in [1.29, 1.82) is 0 Å². The van der Waals surface area contributed by atoms with E-state index >= 15 is 0 Å². The molecule has 0 bridgehead atoms. The Morgan fingerprint density at radius 3 is 2.50 bits per heavy atom. The highest BCUT2D eigenvalue weighted by Gasteiger charge is 2.35. The molecule has 8 nitrogen and oxygen atoms in total. The fraction of sp³-hybridized carbons (Fsp3) is 0.435. The van der Waals surface area contributed by atoms with E-state index in [2.05, 4.69) is 17.4 Å². The molecule has 0 unspecified atom stereocenters. The molecule has 2 heterocycles. The average Bonchev–Trinajstić information content (AvgIpc) is 3.30. The van der Waals surface area contributed by atoms with E-state index in [1.807, 2.05) is 18.2 Å². The molecule has 0 atom stereocenters. The van der Waals surface area contributed by atoms with Crippen LogP contribution in [-0.4, -0.2) is 53.2 Å². The van der Waals surface area contributed by atoms with Crippen molar-refractivity contribution in [3.63, 3.8) is 0 Å². The second-order valence-corrected chi connectivity index (χ2v) is 10.2. The molecule has 2 aliphatic rings. The zero-order chi connectivity index (χ0) is 22.6. The number of rotatable bonds is 8. The number of carbonyl (C=O) groups is 1. The lowest BCUT2D eigenvalue weighted by atomic mass is 9.74. The number of fused-ring (bicyclic) bond motifs is 1. The van der Waals surface area contributed by atoms with Crippen LogP contribution in [0.4, 0.5) is 5.69 Å². The van der Waals surface area contributed by atoms with Gasteiger partial charge in [0.1, 0.15) is 6.54 Å². The Labute approximate surface area is 188 Å². The van der Waals surface area contributed by atoms with Crippen LogP contribution in [0.1, 0.15) is 25.3 Å². The zero-order valence-corrected chi connectivity index (χ0v) is 18.9. The van der Waals surface area contributed by atoms with Gasteiger partial charge in [0.15, 0.2) is 11.5 Å². The molecule has 2 aromatic carbocycles. The Balaban J connectivity index is 1.51. The summed E-state index contributed by atoms with van der Waals surface area (Å²) < 4.78 is 42.9. The maximum atomic E-state index is 12.9. The fourth-order valence-electron chi connectivity index (χ4n) is 4.12. The van der Waals surface area contributed by atoms with Crippen molar-refractivity contribution < 1.29 is 27.4 Å². The number of ether oxygens (including phenoxy) is 3. The van der Waals surface area contributed by atoms with Crippen LogP contribution in [-0.2, 0) is 25.0 Å². The summed E-state index contributed by atoms with van der Waals surface area (Å²) in [5, 5.41) is 2.98. The van der Waals surface area contributed by atoms with Crippen molar-refractivity contribution in [2.75, 3.05) is 43.2 Å². The van der Waals surface area contributed by atoms with Crippen molar-refractivity contribution >= 4 is 21.6 Å². The van der Waals surface area contributed by atoms with Gasteiger partial charge in [0.05, 0.1) is 11.4 Å². The molecular formula is C23H28N2O6S. The summed E-state index contributed by atoms with van der Waals surface area (Å²) in [5.74, 6) is 0.530. The highest BCUT2D eigenvalue weighted by atomic mass is 32.2. The number of carbonyl (C=O) groups excluding carboxylic acids is 1. The lowest BCUT2D eigenvalue weighted by Crippen LogP contribution is -2.48. The third kappa shape index (κ3) is 4.68. The largest absolute Gasteiger partial charge is 0.454 e. The molecule has 1 N–H and O–H groups in total. The zero-order valence-electron chi connectivity index (χ0n) is 18.1. The Kier molecular flexibility index (Phi) is 6.57. The summed E-state index contributed by atoms with van der Waals surface area (Å²) in [6, 6.07) is 14.9. The van der Waals surface area contributed by atoms with E-state index in [4.69, 9.17) is 14.2 Å². The third-order valence-corrected chi connectivity index (χ3v) is 7.83. The maximum Gasteiger partial charge on any atom is 0.240 e. The van der Waals surface area contributed by atoms with E-state index in [-0.39, 0.29) is 30.4 Å². The summed E-state index contributed by atoms with van der Waals surface area (Å²) in [5.41, 5.74) is 1.29. The van der Waals surface area contributed by atoms with Crippen LogP contribution in [0.25, 0.3) is 0 Å². The van der Waals surface area contributed by atoms with E-state index < -0.39 is 10.0 Å². The number of nitrogens with zero attached hydrogens (tertiary/aromatic N) is 1. The van der Waals surface area contributed by atoms with Gasteiger partial charge in [-0.3, -0.25) is 9.10 Å². The molecule has 0 aromatic heterocycles. The summed E-state index contributed by atoms with van der Waals surface area (Å²) in [6.07, 6.45) is 1.58. The van der Waals surface area contributed by atoms with Gasteiger partial charge in [0.2, 0.25) is 22.7 Å². The molecule has 0 aliphatic carbocycles. The fourth-order valence-corrected chi connectivity index (χ4v) is 5.18. The van der Waals surface area contributed by atoms with Crippen molar-refractivity contribution in [2.45, 2.75) is 25.2 Å². The molecule has 9 heteroatoms. The van der Waals surface area contributed by atoms with Gasteiger partial charge in [-0.25, -0.2) is 8.42 Å². The Bertz CT molecular complexity index is 1050. The van der Waals surface area contributed by atoms with Crippen molar-refractivity contribution in [3.8, 4) is 11.5 Å². The van der Waals surface area contributed by atoms with Crippen molar-refractivity contribution in [3.05, 3.63) is 54.1 Å². The minimum atomic E-state index is -3.68. The van der Waals surface area contributed by atoms with Crippen LogP contribution in [0.2, 0.25) is 0 Å².